The number of rotatable bonds is 4. The number of hydrogen-bond acceptors (Lipinski definition) is 5. The first kappa shape index (κ1) is 14.8. The molecule has 0 unspecified atom stereocenters. The van der Waals surface area contributed by atoms with E-state index in [1.54, 1.807) is 13.2 Å². The van der Waals surface area contributed by atoms with E-state index >= 15 is 0 Å². The van der Waals surface area contributed by atoms with Crippen LogP contribution in [0.2, 0.25) is 0 Å². The van der Waals surface area contributed by atoms with Gasteiger partial charge in [-0.2, -0.15) is 0 Å². The van der Waals surface area contributed by atoms with E-state index in [9.17, 15) is 4.79 Å². The SMILES string of the molecule is COc1cccc(Nc2cc(C(=O)NN)c3ccccc3n2)c1. The first-order valence-electron chi connectivity index (χ1n) is 7.03. The fourth-order valence-corrected chi connectivity index (χ4v) is 2.35. The smallest absolute Gasteiger partial charge is 0.265 e. The summed E-state index contributed by atoms with van der Waals surface area (Å²) in [5.74, 6) is 6.20. The Balaban J connectivity index is 2.05. The molecule has 0 saturated heterocycles. The highest BCUT2D eigenvalue weighted by atomic mass is 16.5. The van der Waals surface area contributed by atoms with Gasteiger partial charge in [-0.1, -0.05) is 24.3 Å². The quantitative estimate of drug-likeness (QED) is 0.391. The normalized spacial score (nSPS) is 10.3. The van der Waals surface area contributed by atoms with Crippen LogP contribution in [0, 0.1) is 0 Å². The monoisotopic (exact) mass is 308 g/mol. The van der Waals surface area contributed by atoms with Crippen molar-refractivity contribution >= 4 is 28.3 Å². The number of para-hydroxylation sites is 1. The molecule has 0 radical (unpaired) electrons. The number of nitrogens with two attached hydrogens (primary N) is 1. The van der Waals surface area contributed by atoms with Crippen LogP contribution in [0.5, 0.6) is 5.75 Å². The summed E-state index contributed by atoms with van der Waals surface area (Å²) in [5.41, 5.74) is 4.15. The van der Waals surface area contributed by atoms with Gasteiger partial charge in [0.2, 0.25) is 0 Å². The average molecular weight is 308 g/mol. The molecule has 0 saturated carbocycles. The zero-order valence-corrected chi connectivity index (χ0v) is 12.5. The highest BCUT2D eigenvalue weighted by Crippen LogP contribution is 2.24. The lowest BCUT2D eigenvalue weighted by Crippen LogP contribution is -2.30. The van der Waals surface area contributed by atoms with Crippen molar-refractivity contribution in [2.75, 3.05) is 12.4 Å². The summed E-state index contributed by atoms with van der Waals surface area (Å²) in [6.45, 7) is 0. The molecule has 0 spiro atoms. The van der Waals surface area contributed by atoms with Crippen LogP contribution in [0.25, 0.3) is 10.9 Å². The van der Waals surface area contributed by atoms with Crippen LogP contribution in [0.4, 0.5) is 11.5 Å². The van der Waals surface area contributed by atoms with Gasteiger partial charge in [-0.25, -0.2) is 10.8 Å². The van der Waals surface area contributed by atoms with Crippen molar-refractivity contribution in [2.24, 2.45) is 5.84 Å². The molecule has 2 aromatic carbocycles. The van der Waals surface area contributed by atoms with E-state index in [1.165, 1.54) is 0 Å². The van der Waals surface area contributed by atoms with Gasteiger partial charge in [-0.05, 0) is 24.3 Å². The van der Waals surface area contributed by atoms with Gasteiger partial charge >= 0.3 is 0 Å². The number of nitrogens with zero attached hydrogens (tertiary/aromatic N) is 1. The number of hydrazine groups is 1. The molecule has 116 valence electrons. The van der Waals surface area contributed by atoms with Crippen molar-refractivity contribution in [2.45, 2.75) is 0 Å². The van der Waals surface area contributed by atoms with Crippen LogP contribution in [0.1, 0.15) is 10.4 Å². The molecule has 0 fully saturated rings. The highest BCUT2D eigenvalue weighted by Gasteiger charge is 2.12. The van der Waals surface area contributed by atoms with Gasteiger partial charge in [0.05, 0.1) is 18.2 Å². The maximum atomic E-state index is 12.0. The van der Waals surface area contributed by atoms with Crippen molar-refractivity contribution in [3.8, 4) is 5.75 Å². The first-order chi connectivity index (χ1) is 11.2. The Bertz CT molecular complexity index is 864. The molecule has 3 aromatic rings. The largest absolute Gasteiger partial charge is 0.497 e. The molecule has 0 aliphatic heterocycles. The first-order valence-corrected chi connectivity index (χ1v) is 7.03. The topological polar surface area (TPSA) is 89.3 Å². The number of pyridine rings is 1. The van der Waals surface area contributed by atoms with E-state index < -0.39 is 0 Å². The molecule has 23 heavy (non-hydrogen) atoms. The number of fused-ring (bicyclic) bond motifs is 1. The fraction of sp³-hybridized carbons (Fsp3) is 0.0588. The summed E-state index contributed by atoms with van der Waals surface area (Å²) in [7, 11) is 1.61. The van der Waals surface area contributed by atoms with Crippen LogP contribution in [-0.4, -0.2) is 18.0 Å². The lowest BCUT2D eigenvalue weighted by Gasteiger charge is -2.11. The number of anilines is 2. The number of carbonyl (C=O) groups excluding carboxylic acids is 1. The predicted molar refractivity (Wildman–Crippen MR) is 89.7 cm³/mol. The number of nitrogens with one attached hydrogen (secondary N) is 2. The third-order valence-electron chi connectivity index (χ3n) is 3.43. The zero-order chi connectivity index (χ0) is 16.2. The zero-order valence-electron chi connectivity index (χ0n) is 12.5. The Labute approximate surface area is 133 Å². The van der Waals surface area contributed by atoms with Crippen molar-refractivity contribution in [1.29, 1.82) is 0 Å². The Morgan fingerprint density at radius 3 is 2.74 bits per heavy atom. The van der Waals surface area contributed by atoms with Gasteiger partial charge in [-0.15, -0.1) is 0 Å². The third kappa shape index (κ3) is 3.07. The van der Waals surface area contributed by atoms with Crippen molar-refractivity contribution < 1.29 is 9.53 Å². The molecule has 6 heteroatoms. The molecular weight excluding hydrogens is 292 g/mol. The number of carbonyl (C=O) groups is 1. The number of nitrogen functional groups attached to an aromatic ring is 1. The molecule has 0 bridgehead atoms. The lowest BCUT2D eigenvalue weighted by atomic mass is 10.1. The van der Waals surface area contributed by atoms with Gasteiger partial charge in [-0.3, -0.25) is 10.2 Å². The average Bonchev–Trinajstić information content (AvgIpc) is 2.60. The van der Waals surface area contributed by atoms with Gasteiger partial charge in [0, 0.05) is 17.1 Å². The van der Waals surface area contributed by atoms with E-state index in [1.807, 2.05) is 48.5 Å². The fourth-order valence-electron chi connectivity index (χ4n) is 2.35. The van der Waals surface area contributed by atoms with E-state index in [0.717, 1.165) is 16.8 Å². The minimum Gasteiger partial charge on any atom is -0.497 e. The number of aromatic nitrogens is 1. The van der Waals surface area contributed by atoms with Crippen molar-refractivity contribution in [3.05, 3.63) is 60.2 Å². The van der Waals surface area contributed by atoms with Crippen LogP contribution >= 0.6 is 0 Å². The number of methoxy groups -OCH3 is 1. The molecular formula is C17H16N4O2. The number of ether oxygens (including phenoxy) is 1. The summed E-state index contributed by atoms with van der Waals surface area (Å²) in [6, 6.07) is 16.5. The number of hydrogen-bond donors (Lipinski definition) is 3. The van der Waals surface area contributed by atoms with Crippen LogP contribution in [0.15, 0.2) is 54.6 Å². The molecule has 1 heterocycles. The maximum absolute atomic E-state index is 12.0. The molecule has 0 aliphatic rings. The Morgan fingerprint density at radius 1 is 1.13 bits per heavy atom. The maximum Gasteiger partial charge on any atom is 0.265 e. The van der Waals surface area contributed by atoms with Gasteiger partial charge in [0.1, 0.15) is 11.6 Å². The highest BCUT2D eigenvalue weighted by molar-refractivity contribution is 6.06. The Hall–Kier alpha value is -3.12. The minimum atomic E-state index is -0.364. The minimum absolute atomic E-state index is 0.364. The van der Waals surface area contributed by atoms with Gasteiger partial charge < -0.3 is 10.1 Å². The molecule has 1 amide bonds. The van der Waals surface area contributed by atoms with E-state index in [-0.39, 0.29) is 5.91 Å². The van der Waals surface area contributed by atoms with Crippen molar-refractivity contribution in [1.82, 2.24) is 10.4 Å². The molecule has 1 aromatic heterocycles. The Kier molecular flexibility index (Phi) is 4.07. The van der Waals surface area contributed by atoms with Gasteiger partial charge in [0.25, 0.3) is 5.91 Å². The second-order valence-electron chi connectivity index (χ2n) is 4.90. The molecule has 4 N–H and O–H groups in total. The molecule has 0 atom stereocenters. The van der Waals surface area contributed by atoms with Crippen LogP contribution in [-0.2, 0) is 0 Å². The summed E-state index contributed by atoms with van der Waals surface area (Å²) >= 11 is 0. The standard InChI is InChI=1S/C17H16N4O2/c1-23-12-6-4-5-11(9-12)19-16-10-14(17(22)21-18)13-7-2-3-8-15(13)20-16/h2-10H,18H2,1H3,(H,19,20)(H,21,22). The Morgan fingerprint density at radius 2 is 1.96 bits per heavy atom. The lowest BCUT2D eigenvalue weighted by molar-refractivity contribution is 0.0955. The predicted octanol–water partition coefficient (Wildman–Crippen LogP) is 2.59. The summed E-state index contributed by atoms with van der Waals surface area (Å²) < 4.78 is 5.20. The summed E-state index contributed by atoms with van der Waals surface area (Å²) in [5, 5.41) is 3.92. The summed E-state index contributed by atoms with van der Waals surface area (Å²) in [6.07, 6.45) is 0. The third-order valence-corrected chi connectivity index (χ3v) is 3.43. The van der Waals surface area contributed by atoms with E-state index in [0.29, 0.717) is 16.9 Å². The summed E-state index contributed by atoms with van der Waals surface area (Å²) in [4.78, 5) is 16.6. The molecule has 0 aliphatic carbocycles. The molecule has 6 nitrogen and oxygen atoms in total. The van der Waals surface area contributed by atoms with Crippen LogP contribution < -0.4 is 21.3 Å². The van der Waals surface area contributed by atoms with Crippen LogP contribution in [0.3, 0.4) is 0 Å². The van der Waals surface area contributed by atoms with E-state index in [2.05, 4.69) is 15.7 Å². The van der Waals surface area contributed by atoms with Gasteiger partial charge in [0.15, 0.2) is 0 Å². The number of benzene rings is 2. The van der Waals surface area contributed by atoms with E-state index in [4.69, 9.17) is 10.6 Å². The second kappa shape index (κ2) is 6.33. The number of amides is 1. The second-order valence-corrected chi connectivity index (χ2v) is 4.90. The molecule has 3 rings (SSSR count). The van der Waals surface area contributed by atoms with Crippen molar-refractivity contribution in [3.63, 3.8) is 0 Å².